The number of nitrogens with one attached hydrogen (secondary N) is 1. The van der Waals surface area contributed by atoms with E-state index in [-0.39, 0.29) is 0 Å². The molecule has 0 aliphatic rings. The van der Waals surface area contributed by atoms with Gasteiger partial charge in [-0.05, 0) is 36.2 Å². The SMILES string of the molecule is COc1ccc(CNC(C)c2ccccc2Br)cc1. The third-order valence-corrected chi connectivity index (χ3v) is 3.87. The van der Waals surface area contributed by atoms with Crippen LogP contribution in [0.3, 0.4) is 0 Å². The van der Waals surface area contributed by atoms with E-state index < -0.39 is 0 Å². The first kappa shape index (κ1) is 14.1. The highest BCUT2D eigenvalue weighted by atomic mass is 79.9. The van der Waals surface area contributed by atoms with Crippen LogP contribution < -0.4 is 10.1 Å². The first-order valence-corrected chi connectivity index (χ1v) is 7.10. The minimum Gasteiger partial charge on any atom is -0.497 e. The molecule has 0 heterocycles. The summed E-state index contributed by atoms with van der Waals surface area (Å²) in [5.41, 5.74) is 2.52. The van der Waals surface area contributed by atoms with Gasteiger partial charge < -0.3 is 10.1 Å². The molecule has 0 saturated heterocycles. The lowest BCUT2D eigenvalue weighted by molar-refractivity contribution is 0.414. The lowest BCUT2D eigenvalue weighted by Gasteiger charge is -2.16. The Hall–Kier alpha value is -1.32. The largest absolute Gasteiger partial charge is 0.497 e. The van der Waals surface area contributed by atoms with Crippen LogP contribution in [-0.2, 0) is 6.54 Å². The van der Waals surface area contributed by atoms with Crippen molar-refractivity contribution in [2.45, 2.75) is 19.5 Å². The summed E-state index contributed by atoms with van der Waals surface area (Å²) in [6, 6.07) is 16.7. The second-order valence-electron chi connectivity index (χ2n) is 4.47. The van der Waals surface area contributed by atoms with E-state index in [2.05, 4.69) is 58.5 Å². The van der Waals surface area contributed by atoms with E-state index in [0.717, 1.165) is 16.8 Å². The van der Waals surface area contributed by atoms with E-state index in [1.807, 2.05) is 18.2 Å². The van der Waals surface area contributed by atoms with Crippen LogP contribution in [0.5, 0.6) is 5.75 Å². The molecular formula is C16H18BrNO. The fourth-order valence-corrected chi connectivity index (χ4v) is 2.58. The van der Waals surface area contributed by atoms with Crippen LogP contribution in [-0.4, -0.2) is 7.11 Å². The molecular weight excluding hydrogens is 302 g/mol. The van der Waals surface area contributed by atoms with Gasteiger partial charge in [-0.15, -0.1) is 0 Å². The third kappa shape index (κ3) is 3.82. The van der Waals surface area contributed by atoms with Crippen LogP contribution in [0.4, 0.5) is 0 Å². The molecule has 0 aromatic heterocycles. The Balaban J connectivity index is 1.96. The number of methoxy groups -OCH3 is 1. The van der Waals surface area contributed by atoms with E-state index >= 15 is 0 Å². The van der Waals surface area contributed by atoms with E-state index in [4.69, 9.17) is 4.74 Å². The summed E-state index contributed by atoms with van der Waals surface area (Å²) < 4.78 is 6.30. The van der Waals surface area contributed by atoms with Crippen molar-refractivity contribution in [3.8, 4) is 5.75 Å². The van der Waals surface area contributed by atoms with Crippen molar-refractivity contribution in [2.75, 3.05) is 7.11 Å². The molecule has 0 aliphatic carbocycles. The molecule has 2 rings (SSSR count). The van der Waals surface area contributed by atoms with Gasteiger partial charge in [-0.1, -0.05) is 46.3 Å². The highest BCUT2D eigenvalue weighted by Gasteiger charge is 2.07. The molecule has 0 saturated carbocycles. The van der Waals surface area contributed by atoms with Gasteiger partial charge in [-0.3, -0.25) is 0 Å². The van der Waals surface area contributed by atoms with Gasteiger partial charge >= 0.3 is 0 Å². The standard InChI is InChI=1S/C16H18BrNO/c1-12(15-5-3-4-6-16(15)17)18-11-13-7-9-14(19-2)10-8-13/h3-10,12,18H,11H2,1-2H3. The zero-order valence-corrected chi connectivity index (χ0v) is 12.8. The van der Waals surface area contributed by atoms with Crippen molar-refractivity contribution in [1.29, 1.82) is 0 Å². The predicted molar refractivity (Wildman–Crippen MR) is 82.4 cm³/mol. The molecule has 0 amide bonds. The summed E-state index contributed by atoms with van der Waals surface area (Å²) in [7, 11) is 1.68. The molecule has 1 unspecified atom stereocenters. The predicted octanol–water partition coefficient (Wildman–Crippen LogP) is 4.31. The van der Waals surface area contributed by atoms with Gasteiger partial charge in [0.15, 0.2) is 0 Å². The average Bonchev–Trinajstić information content (AvgIpc) is 2.46. The molecule has 0 aliphatic heterocycles. The highest BCUT2D eigenvalue weighted by Crippen LogP contribution is 2.23. The van der Waals surface area contributed by atoms with Crippen LogP contribution in [0.1, 0.15) is 24.1 Å². The number of hydrogen-bond donors (Lipinski definition) is 1. The molecule has 19 heavy (non-hydrogen) atoms. The topological polar surface area (TPSA) is 21.3 Å². The Kier molecular flexibility index (Phi) is 5.00. The van der Waals surface area contributed by atoms with Crippen molar-refractivity contribution < 1.29 is 4.74 Å². The van der Waals surface area contributed by atoms with Crippen LogP contribution in [0.15, 0.2) is 53.0 Å². The van der Waals surface area contributed by atoms with Crippen molar-refractivity contribution in [3.05, 3.63) is 64.1 Å². The van der Waals surface area contributed by atoms with Gasteiger partial charge in [0.2, 0.25) is 0 Å². The maximum atomic E-state index is 5.15. The molecule has 0 fully saturated rings. The minimum absolute atomic E-state index is 0.303. The Labute approximate surface area is 122 Å². The Morgan fingerprint density at radius 3 is 2.42 bits per heavy atom. The molecule has 2 aromatic rings. The Morgan fingerprint density at radius 1 is 1.11 bits per heavy atom. The first-order valence-electron chi connectivity index (χ1n) is 6.31. The molecule has 2 aromatic carbocycles. The fraction of sp³-hybridized carbons (Fsp3) is 0.250. The van der Waals surface area contributed by atoms with Crippen molar-refractivity contribution in [2.24, 2.45) is 0 Å². The zero-order chi connectivity index (χ0) is 13.7. The lowest BCUT2D eigenvalue weighted by Crippen LogP contribution is -2.18. The first-order chi connectivity index (χ1) is 9.20. The highest BCUT2D eigenvalue weighted by molar-refractivity contribution is 9.10. The maximum Gasteiger partial charge on any atom is 0.118 e. The normalized spacial score (nSPS) is 12.2. The summed E-state index contributed by atoms with van der Waals surface area (Å²) in [5, 5.41) is 3.52. The number of halogens is 1. The molecule has 1 N–H and O–H groups in total. The quantitative estimate of drug-likeness (QED) is 0.886. The monoisotopic (exact) mass is 319 g/mol. The Morgan fingerprint density at radius 2 is 1.79 bits per heavy atom. The van der Waals surface area contributed by atoms with Gasteiger partial charge in [0.1, 0.15) is 5.75 Å². The van der Waals surface area contributed by atoms with Gasteiger partial charge in [-0.2, -0.15) is 0 Å². The summed E-state index contributed by atoms with van der Waals surface area (Å²) in [4.78, 5) is 0. The third-order valence-electron chi connectivity index (χ3n) is 3.14. The zero-order valence-electron chi connectivity index (χ0n) is 11.2. The van der Waals surface area contributed by atoms with Crippen LogP contribution >= 0.6 is 15.9 Å². The van der Waals surface area contributed by atoms with Gasteiger partial charge in [0.25, 0.3) is 0 Å². The molecule has 3 heteroatoms. The molecule has 100 valence electrons. The van der Waals surface area contributed by atoms with E-state index in [9.17, 15) is 0 Å². The summed E-state index contributed by atoms with van der Waals surface area (Å²) in [6.45, 7) is 3.01. The van der Waals surface area contributed by atoms with Gasteiger partial charge in [0.05, 0.1) is 7.11 Å². The molecule has 0 bridgehead atoms. The maximum absolute atomic E-state index is 5.15. The van der Waals surface area contributed by atoms with Gasteiger partial charge in [0, 0.05) is 17.1 Å². The van der Waals surface area contributed by atoms with Crippen LogP contribution in [0, 0.1) is 0 Å². The minimum atomic E-state index is 0.303. The smallest absolute Gasteiger partial charge is 0.118 e. The summed E-state index contributed by atoms with van der Waals surface area (Å²) in [6.07, 6.45) is 0. The van der Waals surface area contributed by atoms with E-state index in [0.29, 0.717) is 6.04 Å². The second kappa shape index (κ2) is 6.73. The van der Waals surface area contributed by atoms with E-state index in [1.54, 1.807) is 7.11 Å². The molecule has 0 radical (unpaired) electrons. The molecule has 0 spiro atoms. The number of hydrogen-bond acceptors (Lipinski definition) is 2. The van der Waals surface area contributed by atoms with Crippen LogP contribution in [0.25, 0.3) is 0 Å². The lowest BCUT2D eigenvalue weighted by atomic mass is 10.1. The number of rotatable bonds is 5. The van der Waals surface area contributed by atoms with Gasteiger partial charge in [-0.25, -0.2) is 0 Å². The van der Waals surface area contributed by atoms with Crippen molar-refractivity contribution >= 4 is 15.9 Å². The fourth-order valence-electron chi connectivity index (χ4n) is 1.95. The summed E-state index contributed by atoms with van der Waals surface area (Å²) >= 11 is 3.59. The van der Waals surface area contributed by atoms with Crippen molar-refractivity contribution in [1.82, 2.24) is 5.32 Å². The van der Waals surface area contributed by atoms with Crippen molar-refractivity contribution in [3.63, 3.8) is 0 Å². The molecule has 2 nitrogen and oxygen atoms in total. The molecule has 1 atom stereocenters. The number of benzene rings is 2. The number of ether oxygens (including phenoxy) is 1. The Bertz CT molecular complexity index is 525. The second-order valence-corrected chi connectivity index (χ2v) is 5.33. The van der Waals surface area contributed by atoms with E-state index in [1.165, 1.54) is 11.1 Å². The van der Waals surface area contributed by atoms with Crippen LogP contribution in [0.2, 0.25) is 0 Å². The summed E-state index contributed by atoms with van der Waals surface area (Å²) in [5.74, 6) is 0.891. The average molecular weight is 320 g/mol.